The first kappa shape index (κ1) is 15.0. The lowest BCUT2D eigenvalue weighted by molar-refractivity contribution is -0.385. The van der Waals surface area contributed by atoms with Crippen molar-refractivity contribution in [2.75, 3.05) is 0 Å². The molecule has 2 aromatic carbocycles. The van der Waals surface area contributed by atoms with E-state index in [4.69, 9.17) is 16.3 Å². The minimum atomic E-state index is -0.773. The highest BCUT2D eigenvalue weighted by Gasteiger charge is 2.21. The van der Waals surface area contributed by atoms with E-state index in [0.29, 0.717) is 0 Å². The van der Waals surface area contributed by atoms with Crippen molar-refractivity contribution in [3.8, 4) is 0 Å². The molecule has 0 amide bonds. The number of aryl methyl sites for hydroxylation is 1. The number of rotatable bonds is 4. The Morgan fingerprint density at radius 2 is 1.90 bits per heavy atom. The summed E-state index contributed by atoms with van der Waals surface area (Å²) in [5, 5.41) is 11.1. The fourth-order valence-electron chi connectivity index (χ4n) is 1.74. The van der Waals surface area contributed by atoms with Gasteiger partial charge in [0.1, 0.15) is 12.2 Å². The monoisotopic (exact) mass is 305 g/mol. The van der Waals surface area contributed by atoms with Crippen LogP contribution < -0.4 is 0 Å². The minimum Gasteiger partial charge on any atom is -0.457 e. The summed E-state index contributed by atoms with van der Waals surface area (Å²) in [4.78, 5) is 22.2. The molecule has 21 heavy (non-hydrogen) atoms. The number of hydrogen-bond acceptors (Lipinski definition) is 4. The van der Waals surface area contributed by atoms with Gasteiger partial charge in [0.2, 0.25) is 0 Å². The maximum absolute atomic E-state index is 12.0. The first-order valence-corrected chi connectivity index (χ1v) is 6.52. The van der Waals surface area contributed by atoms with E-state index in [1.807, 2.05) is 31.2 Å². The van der Waals surface area contributed by atoms with Crippen molar-refractivity contribution >= 4 is 23.3 Å². The van der Waals surface area contributed by atoms with Crippen LogP contribution in [0.3, 0.4) is 0 Å². The fraction of sp³-hybridized carbons (Fsp3) is 0.133. The molecule has 0 saturated carbocycles. The van der Waals surface area contributed by atoms with Gasteiger partial charge in [0, 0.05) is 11.1 Å². The second-order valence-electron chi connectivity index (χ2n) is 4.48. The van der Waals surface area contributed by atoms with Crippen LogP contribution in [0, 0.1) is 17.0 Å². The molecule has 0 unspecified atom stereocenters. The van der Waals surface area contributed by atoms with Gasteiger partial charge in [-0.2, -0.15) is 0 Å². The maximum atomic E-state index is 12.0. The number of carbonyl (C=O) groups is 1. The molecule has 108 valence electrons. The van der Waals surface area contributed by atoms with Crippen molar-refractivity contribution in [3.05, 3.63) is 74.3 Å². The van der Waals surface area contributed by atoms with Gasteiger partial charge in [-0.1, -0.05) is 41.4 Å². The van der Waals surface area contributed by atoms with Gasteiger partial charge in [0.05, 0.1) is 4.92 Å². The molecule has 0 aromatic heterocycles. The number of benzene rings is 2. The quantitative estimate of drug-likeness (QED) is 0.488. The molecular weight excluding hydrogens is 294 g/mol. The Morgan fingerprint density at radius 3 is 2.52 bits per heavy atom. The topological polar surface area (TPSA) is 69.4 Å². The molecule has 0 N–H and O–H groups in total. The lowest BCUT2D eigenvalue weighted by Gasteiger charge is -2.06. The summed E-state index contributed by atoms with van der Waals surface area (Å²) in [7, 11) is 0. The Bertz CT molecular complexity index is 683. The zero-order valence-electron chi connectivity index (χ0n) is 11.2. The summed E-state index contributed by atoms with van der Waals surface area (Å²) in [6.45, 7) is 1.99. The number of nitro groups is 1. The van der Waals surface area contributed by atoms with Gasteiger partial charge in [0.15, 0.2) is 0 Å². The molecule has 2 rings (SSSR count). The Kier molecular flexibility index (Phi) is 4.55. The number of nitro benzene ring substituents is 1. The molecule has 0 atom stereocenters. The fourth-order valence-corrected chi connectivity index (χ4v) is 1.91. The van der Waals surface area contributed by atoms with Crippen LogP contribution in [0.2, 0.25) is 5.02 Å². The van der Waals surface area contributed by atoms with Crippen LogP contribution in [0.1, 0.15) is 21.5 Å². The number of carbonyl (C=O) groups excluding carboxylic acids is 1. The summed E-state index contributed by atoms with van der Waals surface area (Å²) < 4.78 is 5.10. The summed E-state index contributed by atoms with van der Waals surface area (Å²) in [5.41, 5.74) is 1.42. The van der Waals surface area contributed by atoms with Crippen LogP contribution >= 0.6 is 11.6 Å². The highest BCUT2D eigenvalue weighted by molar-refractivity contribution is 6.31. The van der Waals surface area contributed by atoms with E-state index in [0.717, 1.165) is 11.1 Å². The second kappa shape index (κ2) is 6.37. The molecule has 0 radical (unpaired) electrons. The lowest BCUT2D eigenvalue weighted by Crippen LogP contribution is -2.08. The highest BCUT2D eigenvalue weighted by atomic mass is 35.5. The Morgan fingerprint density at radius 1 is 1.24 bits per heavy atom. The van der Waals surface area contributed by atoms with E-state index in [9.17, 15) is 14.9 Å². The van der Waals surface area contributed by atoms with E-state index in [1.165, 1.54) is 18.2 Å². The molecule has 0 saturated heterocycles. The third kappa shape index (κ3) is 3.79. The van der Waals surface area contributed by atoms with E-state index < -0.39 is 10.9 Å². The van der Waals surface area contributed by atoms with Gasteiger partial charge in [0.25, 0.3) is 5.69 Å². The Balaban J connectivity index is 2.15. The van der Waals surface area contributed by atoms with E-state index in [1.54, 1.807) is 0 Å². The van der Waals surface area contributed by atoms with E-state index in [2.05, 4.69) is 0 Å². The van der Waals surface area contributed by atoms with Crippen LogP contribution in [0.4, 0.5) is 5.69 Å². The standard InChI is InChI=1S/C15H12ClNO4/c1-10-2-4-11(5-3-10)9-21-15(18)13-8-12(16)6-7-14(13)17(19)20/h2-8H,9H2,1H3. The summed E-state index contributed by atoms with van der Waals surface area (Å²) in [5.74, 6) is -0.773. The molecule has 2 aromatic rings. The average Bonchev–Trinajstić information content (AvgIpc) is 2.46. The zero-order chi connectivity index (χ0) is 15.4. The average molecular weight is 306 g/mol. The predicted molar refractivity (Wildman–Crippen MR) is 78.4 cm³/mol. The maximum Gasteiger partial charge on any atom is 0.345 e. The Labute approximate surface area is 126 Å². The molecule has 0 fully saturated rings. The SMILES string of the molecule is Cc1ccc(COC(=O)c2cc(Cl)ccc2[N+](=O)[O-])cc1. The van der Waals surface area contributed by atoms with Crippen molar-refractivity contribution in [1.82, 2.24) is 0 Å². The highest BCUT2D eigenvalue weighted by Crippen LogP contribution is 2.23. The van der Waals surface area contributed by atoms with Gasteiger partial charge in [-0.15, -0.1) is 0 Å². The van der Waals surface area contributed by atoms with Crippen molar-refractivity contribution in [2.45, 2.75) is 13.5 Å². The van der Waals surface area contributed by atoms with Gasteiger partial charge >= 0.3 is 5.97 Å². The molecular formula is C15H12ClNO4. The van der Waals surface area contributed by atoms with Gasteiger partial charge < -0.3 is 4.74 Å². The molecule has 5 nitrogen and oxygen atoms in total. The largest absolute Gasteiger partial charge is 0.457 e. The number of ether oxygens (including phenoxy) is 1. The van der Waals surface area contributed by atoms with Crippen molar-refractivity contribution in [3.63, 3.8) is 0 Å². The Hall–Kier alpha value is -2.40. The molecule has 0 spiro atoms. The van der Waals surface area contributed by atoms with Crippen LogP contribution in [-0.4, -0.2) is 10.9 Å². The first-order valence-electron chi connectivity index (χ1n) is 6.14. The summed E-state index contributed by atoms with van der Waals surface area (Å²) >= 11 is 5.77. The zero-order valence-corrected chi connectivity index (χ0v) is 12.0. The van der Waals surface area contributed by atoms with Crippen LogP contribution in [0.5, 0.6) is 0 Å². The number of esters is 1. The molecule has 6 heteroatoms. The molecule has 0 aliphatic rings. The van der Waals surface area contributed by atoms with Gasteiger partial charge in [-0.25, -0.2) is 4.79 Å². The molecule has 0 aliphatic heterocycles. The van der Waals surface area contributed by atoms with E-state index >= 15 is 0 Å². The third-order valence-corrected chi connectivity index (χ3v) is 3.10. The van der Waals surface area contributed by atoms with Gasteiger partial charge in [-0.05, 0) is 24.6 Å². The van der Waals surface area contributed by atoms with Crippen LogP contribution in [0.15, 0.2) is 42.5 Å². The second-order valence-corrected chi connectivity index (χ2v) is 4.92. The van der Waals surface area contributed by atoms with Gasteiger partial charge in [-0.3, -0.25) is 10.1 Å². The van der Waals surface area contributed by atoms with Crippen LogP contribution in [0.25, 0.3) is 0 Å². The lowest BCUT2D eigenvalue weighted by atomic mass is 10.1. The first-order chi connectivity index (χ1) is 9.97. The number of halogens is 1. The number of hydrogen-bond donors (Lipinski definition) is 0. The van der Waals surface area contributed by atoms with Crippen molar-refractivity contribution < 1.29 is 14.5 Å². The third-order valence-electron chi connectivity index (χ3n) is 2.87. The number of nitrogens with zero attached hydrogens (tertiary/aromatic N) is 1. The summed E-state index contributed by atoms with van der Waals surface area (Å²) in [6.07, 6.45) is 0. The van der Waals surface area contributed by atoms with E-state index in [-0.39, 0.29) is 22.9 Å². The van der Waals surface area contributed by atoms with Crippen molar-refractivity contribution in [2.24, 2.45) is 0 Å². The van der Waals surface area contributed by atoms with Crippen LogP contribution in [-0.2, 0) is 11.3 Å². The minimum absolute atomic E-state index is 0.0444. The normalized spacial score (nSPS) is 10.2. The molecule has 0 aliphatic carbocycles. The molecule has 0 bridgehead atoms. The van der Waals surface area contributed by atoms with Crippen molar-refractivity contribution in [1.29, 1.82) is 0 Å². The smallest absolute Gasteiger partial charge is 0.345 e. The predicted octanol–water partition coefficient (Wildman–Crippen LogP) is 3.91. The summed E-state index contributed by atoms with van der Waals surface area (Å²) in [6, 6.07) is 11.2. The molecule has 0 heterocycles.